The summed E-state index contributed by atoms with van der Waals surface area (Å²) in [6.45, 7) is -1.14. The number of anilines is 1. The van der Waals surface area contributed by atoms with Gasteiger partial charge in [-0.05, 0) is 13.8 Å². The van der Waals surface area contributed by atoms with Crippen molar-refractivity contribution in [1.82, 2.24) is 15.6 Å². The number of amides is 1. The molecule has 17 N–H and O–H groups in total. The highest BCUT2D eigenvalue weighted by Crippen LogP contribution is 2.35. The van der Waals surface area contributed by atoms with Crippen molar-refractivity contribution in [2.45, 2.75) is 118 Å². The number of hydrogen-bond donors (Lipinski definition) is 15. The maximum Gasteiger partial charge on any atom is 0.333 e. The molecule has 26 nitrogen and oxygen atoms in total. The minimum absolute atomic E-state index is 0.131. The lowest BCUT2D eigenvalue weighted by molar-refractivity contribution is -0.312. The number of carbonyl (C=O) groups is 2. The fraction of sp³-hybridized carbons (Fsp3) is 0.744. The maximum atomic E-state index is 14.0. The monoisotopic (exact) mass is 932 g/mol. The number of nitrogens with one attached hydrogen (secondary N) is 2. The molecule has 20 unspecified atom stereocenters. The number of aliphatic hydroxyl groups excluding tert-OH is 9. The number of aliphatic carboxylic acids is 1. The lowest BCUT2D eigenvalue weighted by atomic mass is 9.80. The van der Waals surface area contributed by atoms with Gasteiger partial charge in [0.25, 0.3) is 5.91 Å². The molecule has 1 aromatic heterocycles. The number of carboxylic acids is 1. The van der Waals surface area contributed by atoms with Crippen molar-refractivity contribution >= 4 is 28.5 Å². The van der Waals surface area contributed by atoms with Crippen LogP contribution in [0.5, 0.6) is 0 Å². The Morgan fingerprint density at radius 2 is 1.23 bits per heavy atom. The molecule has 0 saturated carbocycles. The molecule has 2 aromatic rings. The van der Waals surface area contributed by atoms with Gasteiger partial charge < -0.3 is 101 Å². The van der Waals surface area contributed by atoms with Gasteiger partial charge in [0.05, 0.1) is 81.9 Å². The predicted molar refractivity (Wildman–Crippen MR) is 215 cm³/mol. The Kier molecular flexibility index (Phi) is 17.0. The average Bonchev–Trinajstić information content (AvgIpc) is 3.27. The summed E-state index contributed by atoms with van der Waals surface area (Å²) < 4.78 is 40.2. The minimum atomic E-state index is -1.90. The Hall–Kier alpha value is -3.46. The summed E-state index contributed by atoms with van der Waals surface area (Å²) >= 11 is 0. The van der Waals surface area contributed by atoms with Crippen LogP contribution in [0.1, 0.15) is 13.8 Å². The van der Waals surface area contributed by atoms with Crippen LogP contribution in [0.15, 0.2) is 30.5 Å². The van der Waals surface area contributed by atoms with Gasteiger partial charge in [0.1, 0.15) is 36.6 Å². The summed E-state index contributed by atoms with van der Waals surface area (Å²) in [5.74, 6) is -7.45. The molecule has 4 saturated heterocycles. The molecule has 1 aromatic carbocycles. The molecule has 4 aliphatic heterocycles. The zero-order valence-electron chi connectivity index (χ0n) is 35.3. The van der Waals surface area contributed by atoms with Crippen LogP contribution in [0, 0.1) is 23.7 Å². The zero-order valence-corrected chi connectivity index (χ0v) is 35.3. The summed E-state index contributed by atoms with van der Waals surface area (Å²) in [4.78, 5) is 25.8. The minimum Gasteiger partial charge on any atom is -0.479 e. The second-order valence-corrected chi connectivity index (χ2v) is 17.2. The van der Waals surface area contributed by atoms with Crippen LogP contribution in [0.2, 0.25) is 0 Å². The molecule has 4 aliphatic rings. The van der Waals surface area contributed by atoms with Gasteiger partial charge in [0, 0.05) is 40.5 Å². The number of hydrogen-bond acceptors (Lipinski definition) is 24. The van der Waals surface area contributed by atoms with E-state index in [0.29, 0.717) is 10.8 Å². The van der Waals surface area contributed by atoms with Crippen molar-refractivity contribution in [2.75, 3.05) is 45.1 Å². The Labute approximate surface area is 370 Å². The fourth-order valence-corrected chi connectivity index (χ4v) is 8.58. The summed E-state index contributed by atoms with van der Waals surface area (Å²) in [6, 6.07) is 4.56. The second-order valence-electron chi connectivity index (χ2n) is 17.2. The van der Waals surface area contributed by atoms with E-state index in [0.717, 1.165) is 0 Å². The highest BCUT2D eigenvalue weighted by atomic mass is 16.7. The quantitative estimate of drug-likeness (QED) is 0.0656. The number of aromatic nitrogens is 2. The van der Waals surface area contributed by atoms with E-state index in [1.165, 1.54) is 20.0 Å². The van der Waals surface area contributed by atoms with Crippen molar-refractivity contribution in [2.24, 2.45) is 35.1 Å². The molecular weight excluding hydrogens is 872 g/mol. The summed E-state index contributed by atoms with van der Waals surface area (Å²) in [5, 5.41) is 125. The normalized spacial score (nSPS) is 40.3. The number of nitrogens with zero attached hydrogens (tertiary/aromatic N) is 2. The van der Waals surface area contributed by atoms with Gasteiger partial charge in [-0.25, -0.2) is 4.79 Å². The maximum absolute atomic E-state index is 14.0. The van der Waals surface area contributed by atoms with Crippen molar-refractivity contribution in [3.63, 3.8) is 0 Å². The second kappa shape index (κ2) is 21.7. The molecule has 4 fully saturated rings. The third-order valence-electron chi connectivity index (χ3n) is 12.4. The van der Waals surface area contributed by atoms with Gasteiger partial charge in [-0.3, -0.25) is 15.6 Å². The third kappa shape index (κ3) is 11.0. The number of benzene rings is 1. The Morgan fingerprint density at radius 3 is 1.82 bits per heavy atom. The van der Waals surface area contributed by atoms with E-state index in [9.17, 15) is 65.8 Å². The Balaban J connectivity index is 1.19. The molecule has 1 amide bonds. The van der Waals surface area contributed by atoms with Crippen molar-refractivity contribution in [3.05, 3.63) is 30.5 Å². The first kappa shape index (κ1) is 50.9. The Bertz CT molecular complexity index is 1880. The van der Waals surface area contributed by atoms with Crippen molar-refractivity contribution in [3.8, 4) is 0 Å². The van der Waals surface area contributed by atoms with Gasteiger partial charge in [0.15, 0.2) is 30.8 Å². The van der Waals surface area contributed by atoms with E-state index in [1.807, 2.05) is 0 Å². The number of fused-ring (bicyclic) bond motifs is 1. The summed E-state index contributed by atoms with van der Waals surface area (Å²) in [5.41, 5.74) is 16.5. The molecule has 65 heavy (non-hydrogen) atoms. The van der Waals surface area contributed by atoms with Gasteiger partial charge in [-0.2, -0.15) is 5.10 Å². The number of nitrogens with two attached hydrogens (primary N) is 2. The van der Waals surface area contributed by atoms with Crippen molar-refractivity contribution in [1.29, 1.82) is 0 Å². The number of hydrazine groups is 1. The molecule has 6 rings (SSSR count). The molecule has 0 bridgehead atoms. The fourth-order valence-electron chi connectivity index (χ4n) is 8.58. The lowest BCUT2D eigenvalue weighted by Gasteiger charge is -2.48. The van der Waals surface area contributed by atoms with Gasteiger partial charge in [0.2, 0.25) is 0 Å². The molecule has 366 valence electrons. The first-order chi connectivity index (χ1) is 30.8. The number of ether oxygens (including phenoxy) is 7. The summed E-state index contributed by atoms with van der Waals surface area (Å²) in [6.07, 6.45) is -21.1. The molecule has 0 spiro atoms. The van der Waals surface area contributed by atoms with E-state index >= 15 is 0 Å². The van der Waals surface area contributed by atoms with E-state index in [-0.39, 0.29) is 5.82 Å². The smallest absolute Gasteiger partial charge is 0.333 e. The van der Waals surface area contributed by atoms with Crippen LogP contribution >= 0.6 is 0 Å². The van der Waals surface area contributed by atoms with Gasteiger partial charge >= 0.3 is 5.97 Å². The molecule has 20 atom stereocenters. The number of carbonyl (C=O) groups excluding carboxylic acids is 1. The third-order valence-corrected chi connectivity index (χ3v) is 12.4. The number of rotatable bonds is 17. The lowest BCUT2D eigenvalue weighted by Crippen LogP contribution is -2.66. The van der Waals surface area contributed by atoms with Crippen LogP contribution in [0.25, 0.3) is 10.8 Å². The van der Waals surface area contributed by atoms with Gasteiger partial charge in [-0.15, -0.1) is 5.10 Å². The first-order valence-electron chi connectivity index (χ1n) is 20.9. The molecule has 26 heteroatoms. The van der Waals surface area contributed by atoms with Crippen LogP contribution in [-0.2, 0) is 42.7 Å². The van der Waals surface area contributed by atoms with E-state index in [1.54, 1.807) is 24.3 Å². The zero-order chi connectivity index (χ0) is 47.5. The largest absolute Gasteiger partial charge is 0.479 e. The van der Waals surface area contributed by atoms with E-state index in [4.69, 9.17) is 44.6 Å². The highest BCUT2D eigenvalue weighted by molar-refractivity contribution is 5.92. The van der Waals surface area contributed by atoms with Crippen LogP contribution < -0.4 is 22.3 Å². The summed E-state index contributed by atoms with van der Waals surface area (Å²) in [7, 11) is 0. The standard InChI is InChI=1S/C39H60N6O20/c1-39(2,58)32-22(40)17(24(49)20(9-47)62-32)11-60-37-29(54)27(52)19(30(64-37)34(55)45-44-33-15-6-4-3-5-14(15)7-42-43-33)13-59-36-23(41)18(25(50)21(10-48)63-36)12-61-38-28(53)26(51)16(8-46)31(65-38)35(56)57/h3-7,16-32,36-38,46-54,58H,8-13,40-41H2,1-2H3,(H,43,44)(H,45,55)(H,56,57). The van der Waals surface area contributed by atoms with Crippen LogP contribution in [-0.4, -0.2) is 222 Å². The van der Waals surface area contributed by atoms with E-state index in [2.05, 4.69) is 21.0 Å². The number of carboxylic acid groups (broad SMARTS) is 1. The topological polar surface area (TPSA) is 423 Å². The molecule has 5 heterocycles. The van der Waals surface area contributed by atoms with Gasteiger partial charge in [-0.1, -0.05) is 24.3 Å². The predicted octanol–water partition coefficient (Wildman–Crippen LogP) is -6.82. The van der Waals surface area contributed by atoms with E-state index < -0.39 is 179 Å². The average molecular weight is 933 g/mol. The SMILES string of the molecule is CC(C)(O)C1OC(CO)C(O)C(COC2OC(C(=O)NNc3nncc4ccccc34)C(COC3OC(CO)C(O)C(COC4OC(C(=O)O)C(CO)C(O)C4O)C3N)C(O)C2O)C1N. The Morgan fingerprint density at radius 1 is 0.692 bits per heavy atom. The van der Waals surface area contributed by atoms with Crippen molar-refractivity contribution < 1.29 is 98.9 Å². The number of aliphatic hydroxyl groups is 10. The van der Waals surface area contributed by atoms with Crippen LogP contribution in [0.4, 0.5) is 5.82 Å². The molecule has 0 radical (unpaired) electrons. The molecule has 0 aliphatic carbocycles. The molecular formula is C39H60N6O20. The highest BCUT2D eigenvalue weighted by Gasteiger charge is 2.53. The van der Waals surface area contributed by atoms with Crippen LogP contribution in [0.3, 0.4) is 0 Å². The first-order valence-corrected chi connectivity index (χ1v) is 20.9.